The molecule has 114 valence electrons. The summed E-state index contributed by atoms with van der Waals surface area (Å²) in [4.78, 5) is 34.6. The van der Waals surface area contributed by atoms with Gasteiger partial charge in [-0.05, 0) is 24.6 Å². The van der Waals surface area contributed by atoms with Crippen LogP contribution in [0.4, 0.5) is 5.69 Å². The zero-order valence-corrected chi connectivity index (χ0v) is 12.3. The first kappa shape index (κ1) is 16.7. The molecule has 0 saturated heterocycles. The second-order valence-electron chi connectivity index (χ2n) is 4.50. The molecule has 1 rings (SSSR count). The maximum absolute atomic E-state index is 11.7. The second kappa shape index (κ2) is 8.73. The van der Waals surface area contributed by atoms with Gasteiger partial charge >= 0.3 is 5.97 Å². The standard InChI is InChI=1S/C15H20N2O4/c1-3-4-8-16-13(18)10-14(19)17-12-7-5-6-11(9-12)15(20)21-2/h5-7,9H,3-4,8,10H2,1-2H3,(H,16,18)(H,17,19). The fourth-order valence-corrected chi connectivity index (χ4v) is 1.66. The Bertz CT molecular complexity index is 514. The highest BCUT2D eigenvalue weighted by molar-refractivity contribution is 6.04. The Morgan fingerprint density at radius 2 is 1.95 bits per heavy atom. The number of ether oxygens (including phenoxy) is 1. The molecule has 0 spiro atoms. The highest BCUT2D eigenvalue weighted by Crippen LogP contribution is 2.11. The van der Waals surface area contributed by atoms with Crippen LogP contribution in [0, 0.1) is 0 Å². The Morgan fingerprint density at radius 1 is 1.19 bits per heavy atom. The molecule has 0 heterocycles. The van der Waals surface area contributed by atoms with Crippen LogP contribution in [-0.2, 0) is 14.3 Å². The molecule has 6 nitrogen and oxygen atoms in total. The maximum Gasteiger partial charge on any atom is 0.337 e. The molecule has 2 amide bonds. The van der Waals surface area contributed by atoms with Crippen LogP contribution in [-0.4, -0.2) is 31.4 Å². The van der Waals surface area contributed by atoms with Crippen LogP contribution in [0.25, 0.3) is 0 Å². The summed E-state index contributed by atoms with van der Waals surface area (Å²) in [5, 5.41) is 5.24. The van der Waals surface area contributed by atoms with Crippen molar-refractivity contribution in [2.75, 3.05) is 19.0 Å². The molecule has 0 aliphatic heterocycles. The molecule has 0 fully saturated rings. The summed E-state index contributed by atoms with van der Waals surface area (Å²) in [7, 11) is 1.29. The van der Waals surface area contributed by atoms with Gasteiger partial charge in [-0.1, -0.05) is 19.4 Å². The van der Waals surface area contributed by atoms with Crippen LogP contribution < -0.4 is 10.6 Å². The number of esters is 1. The van der Waals surface area contributed by atoms with Crippen molar-refractivity contribution in [1.29, 1.82) is 0 Å². The fourth-order valence-electron chi connectivity index (χ4n) is 1.66. The molecule has 0 aromatic heterocycles. The highest BCUT2D eigenvalue weighted by atomic mass is 16.5. The van der Waals surface area contributed by atoms with Gasteiger partial charge in [0, 0.05) is 12.2 Å². The van der Waals surface area contributed by atoms with Crippen molar-refractivity contribution in [3.05, 3.63) is 29.8 Å². The first-order valence-corrected chi connectivity index (χ1v) is 6.81. The molecule has 0 atom stereocenters. The Balaban J connectivity index is 2.51. The normalized spacial score (nSPS) is 9.81. The van der Waals surface area contributed by atoms with E-state index in [4.69, 9.17) is 0 Å². The highest BCUT2D eigenvalue weighted by Gasteiger charge is 2.11. The van der Waals surface area contributed by atoms with Gasteiger partial charge in [-0.25, -0.2) is 4.79 Å². The number of hydrogen-bond donors (Lipinski definition) is 2. The molecule has 2 N–H and O–H groups in total. The topological polar surface area (TPSA) is 84.5 Å². The fraction of sp³-hybridized carbons (Fsp3) is 0.400. The Hall–Kier alpha value is -2.37. The molecule has 0 aliphatic carbocycles. The summed E-state index contributed by atoms with van der Waals surface area (Å²) in [6.07, 6.45) is 1.62. The third-order valence-electron chi connectivity index (χ3n) is 2.74. The Kier molecular flexibility index (Phi) is 6.94. The minimum atomic E-state index is -0.483. The quantitative estimate of drug-likeness (QED) is 0.455. The summed E-state index contributed by atoms with van der Waals surface area (Å²) in [5.74, 6) is -1.22. The molecule has 0 unspecified atom stereocenters. The number of hydrogen-bond acceptors (Lipinski definition) is 4. The van der Waals surface area contributed by atoms with E-state index in [1.54, 1.807) is 18.2 Å². The third kappa shape index (κ3) is 6.07. The minimum Gasteiger partial charge on any atom is -0.465 e. The van der Waals surface area contributed by atoms with Crippen LogP contribution in [0.1, 0.15) is 36.5 Å². The lowest BCUT2D eigenvalue weighted by atomic mass is 10.2. The largest absolute Gasteiger partial charge is 0.465 e. The van der Waals surface area contributed by atoms with E-state index in [-0.39, 0.29) is 12.3 Å². The number of rotatable bonds is 7. The molecule has 1 aromatic rings. The van der Waals surface area contributed by atoms with Gasteiger partial charge < -0.3 is 15.4 Å². The maximum atomic E-state index is 11.7. The van der Waals surface area contributed by atoms with E-state index < -0.39 is 11.9 Å². The number of benzene rings is 1. The van der Waals surface area contributed by atoms with E-state index in [2.05, 4.69) is 15.4 Å². The first-order chi connectivity index (χ1) is 10.1. The van der Waals surface area contributed by atoms with Crippen molar-refractivity contribution in [2.24, 2.45) is 0 Å². The van der Waals surface area contributed by atoms with Crippen LogP contribution in [0.2, 0.25) is 0 Å². The summed E-state index contributed by atoms with van der Waals surface area (Å²) in [6, 6.07) is 6.35. The minimum absolute atomic E-state index is 0.244. The number of carbonyl (C=O) groups is 3. The van der Waals surface area contributed by atoms with Gasteiger partial charge in [0.25, 0.3) is 0 Å². The van der Waals surface area contributed by atoms with Crippen LogP contribution >= 0.6 is 0 Å². The van der Waals surface area contributed by atoms with Gasteiger partial charge in [0.05, 0.1) is 12.7 Å². The van der Waals surface area contributed by atoms with Gasteiger partial charge in [0.2, 0.25) is 11.8 Å². The van der Waals surface area contributed by atoms with Gasteiger partial charge in [0.1, 0.15) is 6.42 Å². The van der Waals surface area contributed by atoms with Crippen molar-refractivity contribution in [2.45, 2.75) is 26.2 Å². The molecule has 21 heavy (non-hydrogen) atoms. The molecular weight excluding hydrogens is 272 g/mol. The monoisotopic (exact) mass is 292 g/mol. The Morgan fingerprint density at radius 3 is 2.62 bits per heavy atom. The SMILES string of the molecule is CCCCNC(=O)CC(=O)Nc1cccc(C(=O)OC)c1. The van der Waals surface area contributed by atoms with Crippen molar-refractivity contribution in [1.82, 2.24) is 5.32 Å². The summed E-state index contributed by atoms with van der Waals surface area (Å²) in [6.45, 7) is 2.59. The van der Waals surface area contributed by atoms with Crippen LogP contribution in [0.5, 0.6) is 0 Å². The average Bonchev–Trinajstić information content (AvgIpc) is 2.46. The molecular formula is C15H20N2O4. The lowest BCUT2D eigenvalue weighted by molar-refractivity contribution is -0.126. The summed E-state index contributed by atoms with van der Waals surface area (Å²) < 4.78 is 4.60. The molecule has 0 radical (unpaired) electrons. The van der Waals surface area contributed by atoms with Crippen molar-refractivity contribution in [3.8, 4) is 0 Å². The predicted molar refractivity (Wildman–Crippen MR) is 78.9 cm³/mol. The number of methoxy groups -OCH3 is 1. The van der Waals surface area contributed by atoms with Crippen molar-refractivity contribution >= 4 is 23.5 Å². The lowest BCUT2D eigenvalue weighted by Crippen LogP contribution is -2.28. The van der Waals surface area contributed by atoms with Gasteiger partial charge in [-0.3, -0.25) is 9.59 Å². The van der Waals surface area contributed by atoms with Crippen molar-refractivity contribution in [3.63, 3.8) is 0 Å². The molecule has 0 bridgehead atoms. The van der Waals surface area contributed by atoms with E-state index >= 15 is 0 Å². The second-order valence-corrected chi connectivity index (χ2v) is 4.50. The zero-order valence-electron chi connectivity index (χ0n) is 12.3. The van der Waals surface area contributed by atoms with E-state index in [1.165, 1.54) is 13.2 Å². The number of anilines is 1. The third-order valence-corrected chi connectivity index (χ3v) is 2.74. The molecule has 0 saturated carbocycles. The van der Waals surface area contributed by atoms with Gasteiger partial charge in [-0.2, -0.15) is 0 Å². The summed E-state index contributed by atoms with van der Waals surface area (Å²) in [5.41, 5.74) is 0.784. The van der Waals surface area contributed by atoms with Crippen LogP contribution in [0.3, 0.4) is 0 Å². The van der Waals surface area contributed by atoms with Crippen LogP contribution in [0.15, 0.2) is 24.3 Å². The zero-order chi connectivity index (χ0) is 15.7. The smallest absolute Gasteiger partial charge is 0.337 e. The van der Waals surface area contributed by atoms with E-state index in [0.717, 1.165) is 12.8 Å². The first-order valence-electron chi connectivity index (χ1n) is 6.81. The number of unbranched alkanes of at least 4 members (excludes halogenated alkanes) is 1. The molecule has 1 aromatic carbocycles. The lowest BCUT2D eigenvalue weighted by Gasteiger charge is -2.07. The number of nitrogens with one attached hydrogen (secondary N) is 2. The van der Waals surface area contributed by atoms with Crippen molar-refractivity contribution < 1.29 is 19.1 Å². The van der Waals surface area contributed by atoms with E-state index in [9.17, 15) is 14.4 Å². The van der Waals surface area contributed by atoms with Gasteiger partial charge in [0.15, 0.2) is 0 Å². The molecule has 0 aliphatic rings. The predicted octanol–water partition coefficient (Wildman–Crippen LogP) is 1.72. The van der Waals surface area contributed by atoms with E-state index in [1.807, 2.05) is 6.92 Å². The number of carbonyl (C=O) groups excluding carboxylic acids is 3. The molecule has 6 heteroatoms. The number of amides is 2. The average molecular weight is 292 g/mol. The Labute approximate surface area is 123 Å². The van der Waals surface area contributed by atoms with E-state index in [0.29, 0.717) is 17.8 Å². The van der Waals surface area contributed by atoms with Gasteiger partial charge in [-0.15, -0.1) is 0 Å². The summed E-state index contributed by atoms with van der Waals surface area (Å²) >= 11 is 0.